The van der Waals surface area contributed by atoms with Gasteiger partial charge in [-0.15, -0.1) is 0 Å². The van der Waals surface area contributed by atoms with Crippen LogP contribution < -0.4 is 10.5 Å². The standard InChI is InChI=1S/C25H16ClN3O5/c1-14-4-2-3-5-20(14)29-23(31)18-8-6-15(10-19(18)24(29)32)25(33)34-13-17-11-22(30)28-12-16(26)7-9-21(28)27-17/h2-12H,13H2,1H3. The third-order valence-electron chi connectivity index (χ3n) is 5.51. The first kappa shape index (κ1) is 21.5. The second-order valence-corrected chi connectivity index (χ2v) is 8.17. The molecule has 1 aliphatic heterocycles. The number of fused-ring (bicyclic) bond motifs is 2. The molecule has 0 unspecified atom stereocenters. The van der Waals surface area contributed by atoms with Gasteiger partial charge in [-0.25, -0.2) is 14.7 Å². The van der Waals surface area contributed by atoms with Crippen LogP contribution in [0.25, 0.3) is 5.65 Å². The van der Waals surface area contributed by atoms with Crippen molar-refractivity contribution in [2.24, 2.45) is 0 Å². The fourth-order valence-corrected chi connectivity index (χ4v) is 3.98. The summed E-state index contributed by atoms with van der Waals surface area (Å²) in [5.74, 6) is -1.67. The number of ether oxygens (including phenoxy) is 1. The second-order valence-electron chi connectivity index (χ2n) is 7.73. The van der Waals surface area contributed by atoms with Crippen molar-refractivity contribution in [3.63, 3.8) is 0 Å². The summed E-state index contributed by atoms with van der Waals surface area (Å²) in [6, 6.07) is 15.7. The molecule has 0 radical (unpaired) electrons. The Morgan fingerprint density at radius 3 is 2.53 bits per heavy atom. The number of esters is 1. The summed E-state index contributed by atoms with van der Waals surface area (Å²) in [6.45, 7) is 1.56. The van der Waals surface area contributed by atoms with E-state index in [1.165, 1.54) is 34.9 Å². The number of hydrogen-bond acceptors (Lipinski definition) is 6. The molecule has 0 atom stereocenters. The lowest BCUT2D eigenvalue weighted by molar-refractivity contribution is 0.0467. The summed E-state index contributed by atoms with van der Waals surface area (Å²) in [5.41, 5.74) is 1.98. The molecule has 168 valence electrons. The number of anilines is 1. The molecule has 1 aliphatic rings. The first-order chi connectivity index (χ1) is 16.3. The molecule has 0 spiro atoms. The summed E-state index contributed by atoms with van der Waals surface area (Å²) < 4.78 is 6.60. The zero-order valence-corrected chi connectivity index (χ0v) is 18.6. The fourth-order valence-electron chi connectivity index (χ4n) is 3.82. The third-order valence-corrected chi connectivity index (χ3v) is 5.73. The van der Waals surface area contributed by atoms with E-state index >= 15 is 0 Å². The topological polar surface area (TPSA) is 98.1 Å². The minimum absolute atomic E-state index is 0.107. The molecule has 3 heterocycles. The van der Waals surface area contributed by atoms with Gasteiger partial charge >= 0.3 is 5.97 Å². The molecule has 2 aromatic heterocycles. The largest absolute Gasteiger partial charge is 0.456 e. The molecular weight excluding hydrogens is 458 g/mol. The quantitative estimate of drug-likeness (QED) is 0.330. The number of para-hydroxylation sites is 1. The summed E-state index contributed by atoms with van der Waals surface area (Å²) >= 11 is 5.91. The van der Waals surface area contributed by atoms with Crippen LogP contribution in [0.15, 0.2) is 71.7 Å². The summed E-state index contributed by atoms with van der Waals surface area (Å²) in [7, 11) is 0. The van der Waals surface area contributed by atoms with Gasteiger partial charge in [-0.1, -0.05) is 29.8 Å². The molecule has 9 heteroatoms. The molecule has 34 heavy (non-hydrogen) atoms. The maximum absolute atomic E-state index is 13.0. The Kier molecular flexibility index (Phi) is 5.22. The number of carbonyl (C=O) groups is 3. The molecule has 0 saturated carbocycles. The predicted molar refractivity (Wildman–Crippen MR) is 124 cm³/mol. The number of hydrogen-bond donors (Lipinski definition) is 0. The Hall–Kier alpha value is -4.30. The van der Waals surface area contributed by atoms with Crippen molar-refractivity contribution in [2.45, 2.75) is 13.5 Å². The van der Waals surface area contributed by atoms with Crippen molar-refractivity contribution in [3.05, 3.63) is 110 Å². The summed E-state index contributed by atoms with van der Waals surface area (Å²) in [6.07, 6.45) is 1.45. The number of pyridine rings is 1. The van der Waals surface area contributed by atoms with E-state index in [0.29, 0.717) is 16.4 Å². The van der Waals surface area contributed by atoms with Gasteiger partial charge in [0, 0.05) is 12.3 Å². The van der Waals surface area contributed by atoms with E-state index < -0.39 is 17.8 Å². The van der Waals surface area contributed by atoms with Crippen LogP contribution in [0.1, 0.15) is 42.3 Å². The molecule has 4 aromatic rings. The van der Waals surface area contributed by atoms with E-state index in [1.807, 2.05) is 19.1 Å². The molecule has 0 saturated heterocycles. The molecule has 5 rings (SSSR count). The Balaban J connectivity index is 1.37. The number of aryl methyl sites for hydroxylation is 1. The number of carbonyl (C=O) groups excluding carboxylic acids is 3. The van der Waals surface area contributed by atoms with Crippen LogP contribution in [0.2, 0.25) is 5.02 Å². The SMILES string of the molecule is Cc1ccccc1N1C(=O)c2ccc(C(=O)OCc3cc(=O)n4cc(Cl)ccc4n3)cc2C1=O. The highest BCUT2D eigenvalue weighted by atomic mass is 35.5. The van der Waals surface area contributed by atoms with Gasteiger partial charge in [0.05, 0.1) is 33.1 Å². The van der Waals surface area contributed by atoms with Crippen molar-refractivity contribution in [1.82, 2.24) is 9.38 Å². The Bertz CT molecular complexity index is 1580. The van der Waals surface area contributed by atoms with Gasteiger partial charge in [0.15, 0.2) is 0 Å². The van der Waals surface area contributed by atoms with Gasteiger partial charge in [0.1, 0.15) is 12.3 Å². The van der Waals surface area contributed by atoms with Crippen LogP contribution in [0.3, 0.4) is 0 Å². The average molecular weight is 474 g/mol. The van der Waals surface area contributed by atoms with Crippen molar-refractivity contribution < 1.29 is 19.1 Å². The van der Waals surface area contributed by atoms with Crippen LogP contribution in [0.4, 0.5) is 5.69 Å². The number of halogens is 1. The number of amides is 2. The average Bonchev–Trinajstić information content (AvgIpc) is 3.07. The zero-order valence-electron chi connectivity index (χ0n) is 17.8. The second kappa shape index (κ2) is 8.24. The summed E-state index contributed by atoms with van der Waals surface area (Å²) in [5, 5.41) is 0.390. The fraction of sp³-hybridized carbons (Fsp3) is 0.0800. The van der Waals surface area contributed by atoms with E-state index in [2.05, 4.69) is 4.98 Å². The monoisotopic (exact) mass is 473 g/mol. The van der Waals surface area contributed by atoms with Crippen LogP contribution in [-0.4, -0.2) is 27.2 Å². The van der Waals surface area contributed by atoms with Gasteiger partial charge in [0.25, 0.3) is 17.4 Å². The molecule has 0 N–H and O–H groups in total. The van der Waals surface area contributed by atoms with Crippen molar-refractivity contribution in [3.8, 4) is 0 Å². The zero-order chi connectivity index (χ0) is 24.0. The lowest BCUT2D eigenvalue weighted by Crippen LogP contribution is -2.29. The maximum Gasteiger partial charge on any atom is 0.338 e. The first-order valence-electron chi connectivity index (χ1n) is 10.3. The molecule has 0 aliphatic carbocycles. The highest BCUT2D eigenvalue weighted by Gasteiger charge is 2.37. The van der Waals surface area contributed by atoms with Crippen LogP contribution in [0, 0.1) is 6.92 Å². The highest BCUT2D eigenvalue weighted by Crippen LogP contribution is 2.31. The van der Waals surface area contributed by atoms with Crippen LogP contribution >= 0.6 is 11.6 Å². The van der Waals surface area contributed by atoms with Gasteiger partial charge in [-0.05, 0) is 48.9 Å². The molecular formula is C25H16ClN3O5. The van der Waals surface area contributed by atoms with Crippen molar-refractivity contribution >= 4 is 40.7 Å². The van der Waals surface area contributed by atoms with E-state index in [1.54, 1.807) is 24.3 Å². The number of imide groups is 1. The summed E-state index contributed by atoms with van der Waals surface area (Å²) in [4.78, 5) is 56.2. The normalized spacial score (nSPS) is 12.8. The van der Waals surface area contributed by atoms with Gasteiger partial charge in [-0.3, -0.25) is 18.8 Å². The predicted octanol–water partition coefficient (Wildman–Crippen LogP) is 3.81. The lowest BCUT2D eigenvalue weighted by Gasteiger charge is -2.16. The first-order valence-corrected chi connectivity index (χ1v) is 10.6. The minimum atomic E-state index is -0.713. The third kappa shape index (κ3) is 3.64. The van der Waals surface area contributed by atoms with E-state index in [-0.39, 0.29) is 34.6 Å². The number of benzene rings is 2. The molecule has 2 aromatic carbocycles. The molecule has 0 fully saturated rings. The number of nitrogens with zero attached hydrogens (tertiary/aromatic N) is 3. The van der Waals surface area contributed by atoms with Crippen LogP contribution in [-0.2, 0) is 11.3 Å². The smallest absolute Gasteiger partial charge is 0.338 e. The molecule has 8 nitrogen and oxygen atoms in total. The molecule has 2 amide bonds. The number of aromatic nitrogens is 2. The molecule has 0 bridgehead atoms. The Labute approximate surface area is 198 Å². The lowest BCUT2D eigenvalue weighted by atomic mass is 10.1. The Morgan fingerprint density at radius 2 is 1.74 bits per heavy atom. The van der Waals surface area contributed by atoms with E-state index in [0.717, 1.165) is 10.5 Å². The highest BCUT2D eigenvalue weighted by molar-refractivity contribution is 6.35. The number of rotatable bonds is 4. The minimum Gasteiger partial charge on any atom is -0.456 e. The van der Waals surface area contributed by atoms with Crippen molar-refractivity contribution in [2.75, 3.05) is 4.90 Å². The van der Waals surface area contributed by atoms with E-state index in [9.17, 15) is 19.2 Å². The van der Waals surface area contributed by atoms with Crippen molar-refractivity contribution in [1.29, 1.82) is 0 Å². The van der Waals surface area contributed by atoms with Crippen LogP contribution in [0.5, 0.6) is 0 Å². The van der Waals surface area contributed by atoms with E-state index in [4.69, 9.17) is 16.3 Å². The van der Waals surface area contributed by atoms with Gasteiger partial charge in [0.2, 0.25) is 0 Å². The Morgan fingerprint density at radius 1 is 0.971 bits per heavy atom. The van der Waals surface area contributed by atoms with Gasteiger partial charge < -0.3 is 4.74 Å². The van der Waals surface area contributed by atoms with Gasteiger partial charge in [-0.2, -0.15) is 0 Å². The maximum atomic E-state index is 13.0.